The molecule has 0 unspecified atom stereocenters. The highest BCUT2D eigenvalue weighted by Crippen LogP contribution is 2.23. The fraction of sp³-hybridized carbons (Fsp3) is 0.0909. The van der Waals surface area contributed by atoms with Crippen molar-refractivity contribution in [3.8, 4) is 5.75 Å². The van der Waals surface area contributed by atoms with E-state index in [0.29, 0.717) is 11.1 Å². The molecule has 0 aliphatic carbocycles. The number of hydrogen-bond donors (Lipinski definition) is 1. The van der Waals surface area contributed by atoms with E-state index in [-0.39, 0.29) is 10.6 Å². The highest BCUT2D eigenvalue weighted by molar-refractivity contribution is 9.10. The predicted molar refractivity (Wildman–Crippen MR) is 119 cm³/mol. The molecule has 0 saturated heterocycles. The summed E-state index contributed by atoms with van der Waals surface area (Å²) in [5.74, 6) is -0.269. The van der Waals surface area contributed by atoms with Gasteiger partial charge < -0.3 is 4.74 Å². The topological polar surface area (TPSA) is 84.8 Å². The highest BCUT2D eigenvalue weighted by Gasteiger charge is 2.14. The third-order valence-electron chi connectivity index (χ3n) is 4.17. The number of esters is 1. The first-order chi connectivity index (χ1) is 14.2. The molecule has 0 bridgehead atoms. The fourth-order valence-corrected chi connectivity index (χ4v) is 3.67. The number of aryl methyl sites for hydroxylation is 2. The number of nitrogens with one attached hydrogen (secondary N) is 1. The maximum Gasteiger partial charge on any atom is 0.343 e. The van der Waals surface area contributed by atoms with Crippen LogP contribution in [0.2, 0.25) is 0 Å². The Labute approximate surface area is 183 Å². The monoisotopic (exact) mass is 486 g/mol. The number of nitrogens with zero attached hydrogens (tertiary/aromatic N) is 1. The molecular weight excluding hydrogens is 468 g/mol. The standard InChI is InChI=1S/C22H19BrN2O4S/c1-15-3-7-17(8-4-15)22(26)29-21-12-9-19(23)13-18(21)14-24-25-30(27,28)20-10-5-16(2)6-11-20/h3-14,25H,1-2H3/b24-14+. The normalized spacial score (nSPS) is 11.4. The van der Waals surface area contributed by atoms with Crippen molar-refractivity contribution in [2.45, 2.75) is 18.7 Å². The largest absolute Gasteiger partial charge is 0.422 e. The molecule has 0 saturated carbocycles. The molecule has 6 nitrogen and oxygen atoms in total. The minimum Gasteiger partial charge on any atom is -0.422 e. The van der Waals surface area contributed by atoms with Crippen LogP contribution >= 0.6 is 15.9 Å². The maximum absolute atomic E-state index is 12.4. The van der Waals surface area contributed by atoms with Crippen LogP contribution in [-0.2, 0) is 10.0 Å². The summed E-state index contributed by atoms with van der Waals surface area (Å²) in [6, 6.07) is 18.4. The quantitative estimate of drug-likeness (QED) is 0.239. The van der Waals surface area contributed by atoms with Crippen LogP contribution in [0.4, 0.5) is 0 Å². The molecule has 1 N–H and O–H groups in total. The van der Waals surface area contributed by atoms with Gasteiger partial charge in [-0.05, 0) is 56.3 Å². The van der Waals surface area contributed by atoms with Gasteiger partial charge in [-0.2, -0.15) is 13.5 Å². The fourth-order valence-electron chi connectivity index (χ4n) is 2.50. The van der Waals surface area contributed by atoms with Crippen LogP contribution in [0.5, 0.6) is 5.75 Å². The lowest BCUT2D eigenvalue weighted by Gasteiger charge is -2.08. The van der Waals surface area contributed by atoms with Gasteiger partial charge in [0.25, 0.3) is 10.0 Å². The molecule has 3 aromatic carbocycles. The van der Waals surface area contributed by atoms with Crippen LogP contribution in [0.25, 0.3) is 0 Å². The van der Waals surface area contributed by atoms with Gasteiger partial charge >= 0.3 is 5.97 Å². The molecule has 154 valence electrons. The van der Waals surface area contributed by atoms with Crippen LogP contribution in [0.1, 0.15) is 27.0 Å². The Hall–Kier alpha value is -2.97. The van der Waals surface area contributed by atoms with Crippen molar-refractivity contribution in [3.63, 3.8) is 0 Å². The van der Waals surface area contributed by atoms with Crippen molar-refractivity contribution in [1.29, 1.82) is 0 Å². The number of sulfonamides is 1. The number of halogens is 1. The number of hydrogen-bond acceptors (Lipinski definition) is 5. The minimum atomic E-state index is -3.81. The summed E-state index contributed by atoms with van der Waals surface area (Å²) in [5, 5.41) is 3.83. The summed E-state index contributed by atoms with van der Waals surface area (Å²) in [4.78, 5) is 14.7. The molecule has 0 atom stereocenters. The number of hydrazone groups is 1. The molecule has 0 aliphatic rings. The third-order valence-corrected chi connectivity index (χ3v) is 5.90. The summed E-state index contributed by atoms with van der Waals surface area (Å²) in [6.45, 7) is 3.80. The SMILES string of the molecule is Cc1ccc(C(=O)Oc2ccc(Br)cc2/C=N/NS(=O)(=O)c2ccc(C)cc2)cc1. The Morgan fingerprint density at radius 1 is 0.967 bits per heavy atom. The third kappa shape index (κ3) is 5.55. The Morgan fingerprint density at radius 3 is 2.20 bits per heavy atom. The van der Waals surface area contributed by atoms with E-state index >= 15 is 0 Å². The van der Waals surface area contributed by atoms with Crippen LogP contribution in [0, 0.1) is 13.8 Å². The molecule has 0 amide bonds. The van der Waals surface area contributed by atoms with E-state index in [1.54, 1.807) is 42.5 Å². The second-order valence-electron chi connectivity index (χ2n) is 6.60. The first-order valence-corrected chi connectivity index (χ1v) is 11.2. The summed E-state index contributed by atoms with van der Waals surface area (Å²) in [7, 11) is -3.81. The highest BCUT2D eigenvalue weighted by atomic mass is 79.9. The predicted octanol–water partition coefficient (Wildman–Crippen LogP) is 4.60. The number of rotatable bonds is 6. The number of carbonyl (C=O) groups excluding carboxylic acids is 1. The van der Waals surface area contributed by atoms with E-state index in [1.165, 1.54) is 18.3 Å². The van der Waals surface area contributed by atoms with E-state index in [0.717, 1.165) is 15.6 Å². The molecule has 0 aromatic heterocycles. The summed E-state index contributed by atoms with van der Waals surface area (Å²) < 4.78 is 30.9. The van der Waals surface area contributed by atoms with Gasteiger partial charge in [-0.1, -0.05) is 51.3 Å². The van der Waals surface area contributed by atoms with E-state index in [9.17, 15) is 13.2 Å². The number of ether oxygens (including phenoxy) is 1. The van der Waals surface area contributed by atoms with Gasteiger partial charge in [0.2, 0.25) is 0 Å². The van der Waals surface area contributed by atoms with Crippen molar-refractivity contribution in [3.05, 3.63) is 93.5 Å². The van der Waals surface area contributed by atoms with Crippen LogP contribution in [-0.4, -0.2) is 20.6 Å². The maximum atomic E-state index is 12.4. The first kappa shape index (κ1) is 21.7. The van der Waals surface area contributed by atoms with Crippen molar-refractivity contribution in [2.24, 2.45) is 5.10 Å². The lowest BCUT2D eigenvalue weighted by molar-refractivity contribution is 0.0734. The zero-order chi connectivity index (χ0) is 21.7. The Morgan fingerprint density at radius 2 is 1.57 bits per heavy atom. The van der Waals surface area contributed by atoms with Gasteiger partial charge in [0, 0.05) is 10.0 Å². The molecule has 0 fully saturated rings. The lowest BCUT2D eigenvalue weighted by atomic mass is 10.1. The van der Waals surface area contributed by atoms with Crippen molar-refractivity contribution in [1.82, 2.24) is 4.83 Å². The van der Waals surface area contributed by atoms with E-state index in [4.69, 9.17) is 4.74 Å². The molecule has 0 heterocycles. The molecular formula is C22H19BrN2O4S. The van der Waals surface area contributed by atoms with Gasteiger partial charge in [-0.15, -0.1) is 0 Å². The zero-order valence-electron chi connectivity index (χ0n) is 16.3. The Kier molecular flexibility index (Phi) is 6.69. The second-order valence-corrected chi connectivity index (χ2v) is 9.18. The molecule has 0 spiro atoms. The summed E-state index contributed by atoms with van der Waals surface area (Å²) >= 11 is 3.35. The zero-order valence-corrected chi connectivity index (χ0v) is 18.7. The summed E-state index contributed by atoms with van der Waals surface area (Å²) in [6.07, 6.45) is 1.29. The van der Waals surface area contributed by atoms with Gasteiger partial charge in [0.15, 0.2) is 0 Å². The van der Waals surface area contributed by atoms with E-state index < -0.39 is 16.0 Å². The van der Waals surface area contributed by atoms with Gasteiger partial charge in [0.05, 0.1) is 16.7 Å². The number of benzene rings is 3. The van der Waals surface area contributed by atoms with Gasteiger partial charge in [-0.3, -0.25) is 0 Å². The Balaban J connectivity index is 1.78. The smallest absolute Gasteiger partial charge is 0.343 e. The second kappa shape index (κ2) is 9.23. The van der Waals surface area contributed by atoms with Crippen molar-refractivity contribution in [2.75, 3.05) is 0 Å². The van der Waals surface area contributed by atoms with Crippen molar-refractivity contribution < 1.29 is 17.9 Å². The Bertz CT molecular complexity index is 1190. The molecule has 0 radical (unpaired) electrons. The molecule has 3 aromatic rings. The van der Waals surface area contributed by atoms with Crippen molar-refractivity contribution >= 4 is 38.1 Å². The van der Waals surface area contributed by atoms with Crippen LogP contribution in [0.15, 0.2) is 81.2 Å². The molecule has 3 rings (SSSR count). The van der Waals surface area contributed by atoms with Gasteiger partial charge in [-0.25, -0.2) is 9.63 Å². The van der Waals surface area contributed by atoms with E-state index in [1.807, 2.05) is 26.0 Å². The first-order valence-electron chi connectivity index (χ1n) is 8.94. The minimum absolute atomic E-state index is 0.102. The van der Waals surface area contributed by atoms with Crippen LogP contribution in [0.3, 0.4) is 0 Å². The lowest BCUT2D eigenvalue weighted by Crippen LogP contribution is -2.18. The van der Waals surface area contributed by atoms with Gasteiger partial charge in [0.1, 0.15) is 5.75 Å². The average molecular weight is 487 g/mol. The molecule has 0 aliphatic heterocycles. The molecule has 8 heteroatoms. The molecule has 30 heavy (non-hydrogen) atoms. The van der Waals surface area contributed by atoms with E-state index in [2.05, 4.69) is 25.9 Å². The number of carbonyl (C=O) groups is 1. The average Bonchev–Trinajstić information content (AvgIpc) is 2.70. The van der Waals surface area contributed by atoms with Crippen LogP contribution < -0.4 is 9.57 Å². The summed E-state index contributed by atoms with van der Waals surface area (Å²) in [5.41, 5.74) is 2.82.